The summed E-state index contributed by atoms with van der Waals surface area (Å²) in [5.74, 6) is 0.702. The molecule has 0 aromatic carbocycles. The molecule has 1 aliphatic carbocycles. The fourth-order valence-electron chi connectivity index (χ4n) is 4.44. The topological polar surface area (TPSA) is 30.5 Å². The summed E-state index contributed by atoms with van der Waals surface area (Å²) in [6.45, 7) is 9.35. The van der Waals surface area contributed by atoms with Crippen molar-refractivity contribution in [3.05, 3.63) is 0 Å². The van der Waals surface area contributed by atoms with Crippen molar-refractivity contribution in [1.82, 2.24) is 5.32 Å². The van der Waals surface area contributed by atoms with Crippen LogP contribution in [0.4, 0.5) is 0 Å². The average Bonchev–Trinajstić information content (AvgIpc) is 2.51. The monoisotopic (exact) mass is 297 g/mol. The van der Waals surface area contributed by atoms with Crippen molar-refractivity contribution in [2.75, 3.05) is 19.8 Å². The first-order valence-electron chi connectivity index (χ1n) is 9.23. The fraction of sp³-hybridized carbons (Fsp3) is 1.00. The number of ether oxygens (including phenoxy) is 2. The molecule has 1 heterocycles. The first-order valence-corrected chi connectivity index (χ1v) is 9.23. The standard InChI is InChI=1S/C18H35NO2/c1-4-16(20-6-3)17(19-5-2)15-10-13-21-18(14-15)11-8-7-9-12-18/h15-17,19H,4-14H2,1-3H3. The number of rotatable bonds is 7. The molecule has 2 rings (SSSR count). The van der Waals surface area contributed by atoms with Gasteiger partial charge in [0.1, 0.15) is 0 Å². The van der Waals surface area contributed by atoms with Gasteiger partial charge >= 0.3 is 0 Å². The molecule has 124 valence electrons. The first-order chi connectivity index (χ1) is 10.2. The van der Waals surface area contributed by atoms with Crippen LogP contribution in [0, 0.1) is 5.92 Å². The van der Waals surface area contributed by atoms with Crippen LogP contribution in [0.5, 0.6) is 0 Å². The molecule has 0 aromatic heterocycles. The first kappa shape index (κ1) is 17.2. The lowest BCUT2D eigenvalue weighted by Crippen LogP contribution is -2.52. The minimum absolute atomic E-state index is 0.194. The van der Waals surface area contributed by atoms with Gasteiger partial charge in [-0.15, -0.1) is 0 Å². The number of hydrogen-bond donors (Lipinski definition) is 1. The van der Waals surface area contributed by atoms with Crippen molar-refractivity contribution < 1.29 is 9.47 Å². The molecular weight excluding hydrogens is 262 g/mol. The van der Waals surface area contributed by atoms with Crippen LogP contribution in [0.2, 0.25) is 0 Å². The highest BCUT2D eigenvalue weighted by atomic mass is 16.5. The van der Waals surface area contributed by atoms with Gasteiger partial charge < -0.3 is 14.8 Å². The van der Waals surface area contributed by atoms with Gasteiger partial charge in [-0.1, -0.05) is 33.1 Å². The second kappa shape index (κ2) is 8.50. The zero-order chi connectivity index (χ0) is 15.1. The number of nitrogens with one attached hydrogen (secondary N) is 1. The summed E-state index contributed by atoms with van der Waals surface area (Å²) in [6, 6.07) is 0.489. The lowest BCUT2D eigenvalue weighted by atomic mass is 9.73. The summed E-state index contributed by atoms with van der Waals surface area (Å²) < 4.78 is 12.3. The Kier molecular flexibility index (Phi) is 6.97. The molecule has 1 aliphatic heterocycles. The van der Waals surface area contributed by atoms with E-state index in [1.807, 2.05) is 0 Å². The molecule has 1 saturated heterocycles. The Labute approximate surface area is 131 Å². The highest BCUT2D eigenvalue weighted by Crippen LogP contribution is 2.42. The molecule has 1 spiro atoms. The van der Waals surface area contributed by atoms with Crippen LogP contribution >= 0.6 is 0 Å². The van der Waals surface area contributed by atoms with E-state index in [1.165, 1.54) is 44.9 Å². The molecule has 3 unspecified atom stereocenters. The van der Waals surface area contributed by atoms with Gasteiger partial charge in [-0.3, -0.25) is 0 Å². The predicted molar refractivity (Wildman–Crippen MR) is 87.7 cm³/mol. The van der Waals surface area contributed by atoms with Crippen molar-refractivity contribution in [3.8, 4) is 0 Å². The average molecular weight is 297 g/mol. The Morgan fingerprint density at radius 3 is 2.57 bits per heavy atom. The van der Waals surface area contributed by atoms with E-state index in [0.29, 0.717) is 18.1 Å². The van der Waals surface area contributed by atoms with Gasteiger partial charge in [0, 0.05) is 19.3 Å². The molecule has 2 fully saturated rings. The summed E-state index contributed by atoms with van der Waals surface area (Å²) in [5, 5.41) is 3.73. The maximum Gasteiger partial charge on any atom is 0.0728 e. The highest BCUT2D eigenvalue weighted by molar-refractivity contribution is 4.95. The van der Waals surface area contributed by atoms with Gasteiger partial charge in [0.2, 0.25) is 0 Å². The molecule has 0 amide bonds. The van der Waals surface area contributed by atoms with Crippen LogP contribution in [-0.4, -0.2) is 37.5 Å². The van der Waals surface area contributed by atoms with Crippen LogP contribution < -0.4 is 5.32 Å². The fourth-order valence-corrected chi connectivity index (χ4v) is 4.44. The molecule has 0 aromatic rings. The van der Waals surface area contributed by atoms with Crippen molar-refractivity contribution in [3.63, 3.8) is 0 Å². The summed E-state index contributed by atoms with van der Waals surface area (Å²) in [4.78, 5) is 0. The van der Waals surface area contributed by atoms with E-state index in [9.17, 15) is 0 Å². The van der Waals surface area contributed by atoms with Crippen LogP contribution in [0.25, 0.3) is 0 Å². The van der Waals surface area contributed by atoms with Crippen molar-refractivity contribution in [2.45, 2.75) is 89.9 Å². The van der Waals surface area contributed by atoms with Crippen LogP contribution in [-0.2, 0) is 9.47 Å². The summed E-state index contributed by atoms with van der Waals surface area (Å²) >= 11 is 0. The van der Waals surface area contributed by atoms with Crippen molar-refractivity contribution in [2.24, 2.45) is 5.92 Å². The van der Waals surface area contributed by atoms with Gasteiger partial charge in [-0.2, -0.15) is 0 Å². The molecule has 3 atom stereocenters. The van der Waals surface area contributed by atoms with E-state index in [0.717, 1.165) is 26.2 Å². The van der Waals surface area contributed by atoms with Crippen LogP contribution in [0.15, 0.2) is 0 Å². The SMILES string of the molecule is CCNC(C1CCOC2(CCCCC2)C1)C(CC)OCC. The maximum atomic E-state index is 6.27. The third-order valence-electron chi connectivity index (χ3n) is 5.43. The second-order valence-corrected chi connectivity index (χ2v) is 6.83. The van der Waals surface area contributed by atoms with E-state index in [-0.39, 0.29) is 5.60 Å². The minimum atomic E-state index is 0.194. The van der Waals surface area contributed by atoms with Gasteiger partial charge in [0.15, 0.2) is 0 Å². The molecule has 1 N–H and O–H groups in total. The Morgan fingerprint density at radius 1 is 1.19 bits per heavy atom. The van der Waals surface area contributed by atoms with E-state index in [4.69, 9.17) is 9.47 Å². The Morgan fingerprint density at radius 2 is 1.95 bits per heavy atom. The van der Waals surface area contributed by atoms with Crippen molar-refractivity contribution >= 4 is 0 Å². The van der Waals surface area contributed by atoms with E-state index >= 15 is 0 Å². The minimum Gasteiger partial charge on any atom is -0.377 e. The lowest BCUT2D eigenvalue weighted by Gasteiger charge is -2.46. The third kappa shape index (κ3) is 4.43. The molecule has 3 heteroatoms. The van der Waals surface area contributed by atoms with Gasteiger partial charge in [-0.05, 0) is 51.5 Å². The molecule has 2 aliphatic rings. The van der Waals surface area contributed by atoms with Gasteiger partial charge in [0.05, 0.1) is 11.7 Å². The van der Waals surface area contributed by atoms with Gasteiger partial charge in [-0.25, -0.2) is 0 Å². The number of hydrogen-bond acceptors (Lipinski definition) is 3. The normalized spacial score (nSPS) is 28.4. The third-order valence-corrected chi connectivity index (χ3v) is 5.43. The van der Waals surface area contributed by atoms with Crippen LogP contribution in [0.1, 0.15) is 72.1 Å². The van der Waals surface area contributed by atoms with Crippen LogP contribution in [0.3, 0.4) is 0 Å². The van der Waals surface area contributed by atoms with Gasteiger partial charge in [0.25, 0.3) is 0 Å². The predicted octanol–water partition coefficient (Wildman–Crippen LogP) is 3.91. The largest absolute Gasteiger partial charge is 0.377 e. The second-order valence-electron chi connectivity index (χ2n) is 6.83. The van der Waals surface area contributed by atoms with E-state index in [2.05, 4.69) is 26.1 Å². The summed E-state index contributed by atoms with van der Waals surface area (Å²) in [6.07, 6.45) is 10.5. The molecule has 0 bridgehead atoms. The smallest absolute Gasteiger partial charge is 0.0728 e. The molecule has 21 heavy (non-hydrogen) atoms. The van der Waals surface area contributed by atoms with Crippen molar-refractivity contribution in [1.29, 1.82) is 0 Å². The zero-order valence-corrected chi connectivity index (χ0v) is 14.3. The summed E-state index contributed by atoms with van der Waals surface area (Å²) in [5.41, 5.74) is 0.194. The quantitative estimate of drug-likeness (QED) is 0.773. The highest BCUT2D eigenvalue weighted by Gasteiger charge is 2.42. The lowest BCUT2D eigenvalue weighted by molar-refractivity contribution is -0.129. The molecular formula is C18H35NO2. The number of likely N-dealkylation sites (N-methyl/N-ethyl adjacent to an activating group) is 1. The maximum absolute atomic E-state index is 6.27. The Hall–Kier alpha value is -0.120. The Balaban J connectivity index is 2.04. The molecule has 1 saturated carbocycles. The molecule has 0 radical (unpaired) electrons. The molecule has 3 nitrogen and oxygen atoms in total. The summed E-state index contributed by atoms with van der Waals surface area (Å²) in [7, 11) is 0. The Bertz CT molecular complexity index is 283. The van der Waals surface area contributed by atoms with E-state index in [1.54, 1.807) is 0 Å². The zero-order valence-electron chi connectivity index (χ0n) is 14.3. The van der Waals surface area contributed by atoms with E-state index < -0.39 is 0 Å².